The van der Waals surface area contributed by atoms with Gasteiger partial charge in [0, 0.05) is 12.1 Å². The molecule has 1 aromatic heterocycles. The minimum absolute atomic E-state index is 0.0649. The van der Waals surface area contributed by atoms with Gasteiger partial charge >= 0.3 is 0 Å². The summed E-state index contributed by atoms with van der Waals surface area (Å²) in [5.41, 5.74) is 6.32. The quantitative estimate of drug-likeness (QED) is 0.942. The van der Waals surface area contributed by atoms with E-state index >= 15 is 0 Å². The minimum atomic E-state index is -0.323. The number of rotatable bonds is 4. The molecule has 4 nitrogen and oxygen atoms in total. The van der Waals surface area contributed by atoms with E-state index in [9.17, 15) is 4.39 Å². The SMILES string of the molecule is CCC(CN)c1nc(-c2ccc(F)c(Br)c2)no1. The van der Waals surface area contributed by atoms with E-state index in [2.05, 4.69) is 26.1 Å². The number of halogens is 2. The van der Waals surface area contributed by atoms with Crippen LogP contribution >= 0.6 is 15.9 Å². The summed E-state index contributed by atoms with van der Waals surface area (Å²) in [5.74, 6) is 0.707. The Hall–Kier alpha value is -1.27. The Balaban J connectivity index is 2.31. The highest BCUT2D eigenvalue weighted by Crippen LogP contribution is 2.25. The van der Waals surface area contributed by atoms with Gasteiger partial charge in [-0.3, -0.25) is 0 Å². The zero-order chi connectivity index (χ0) is 13.1. The highest BCUT2D eigenvalue weighted by atomic mass is 79.9. The Kier molecular flexibility index (Phi) is 4.08. The Bertz CT molecular complexity index is 540. The van der Waals surface area contributed by atoms with E-state index in [1.807, 2.05) is 6.92 Å². The van der Waals surface area contributed by atoms with Gasteiger partial charge in [-0.05, 0) is 40.5 Å². The number of aromatic nitrogens is 2. The van der Waals surface area contributed by atoms with E-state index in [1.54, 1.807) is 12.1 Å². The van der Waals surface area contributed by atoms with Crippen molar-refractivity contribution >= 4 is 15.9 Å². The molecule has 2 N–H and O–H groups in total. The van der Waals surface area contributed by atoms with Gasteiger partial charge in [0.15, 0.2) is 0 Å². The highest BCUT2D eigenvalue weighted by molar-refractivity contribution is 9.10. The van der Waals surface area contributed by atoms with Crippen molar-refractivity contribution < 1.29 is 8.91 Å². The molecular weight excluding hydrogens is 301 g/mol. The molecule has 18 heavy (non-hydrogen) atoms. The van der Waals surface area contributed by atoms with Crippen LogP contribution in [-0.4, -0.2) is 16.7 Å². The fourth-order valence-electron chi connectivity index (χ4n) is 1.60. The topological polar surface area (TPSA) is 64.9 Å². The van der Waals surface area contributed by atoms with Crippen LogP contribution in [0, 0.1) is 5.82 Å². The lowest BCUT2D eigenvalue weighted by atomic mass is 10.1. The predicted molar refractivity (Wildman–Crippen MR) is 69.5 cm³/mol. The number of hydrogen-bond donors (Lipinski definition) is 1. The second-order valence-electron chi connectivity index (χ2n) is 3.93. The molecule has 1 unspecified atom stereocenters. The van der Waals surface area contributed by atoms with Crippen LogP contribution in [0.3, 0.4) is 0 Å². The van der Waals surface area contributed by atoms with Crippen LogP contribution in [0.1, 0.15) is 25.2 Å². The third-order valence-electron chi connectivity index (χ3n) is 2.75. The maximum Gasteiger partial charge on any atom is 0.231 e. The summed E-state index contributed by atoms with van der Waals surface area (Å²) in [7, 11) is 0. The van der Waals surface area contributed by atoms with E-state index in [-0.39, 0.29) is 11.7 Å². The molecular formula is C12H13BrFN3O. The van der Waals surface area contributed by atoms with Gasteiger partial charge in [0.05, 0.1) is 10.4 Å². The normalized spacial score (nSPS) is 12.7. The number of hydrogen-bond acceptors (Lipinski definition) is 4. The average Bonchev–Trinajstić information content (AvgIpc) is 2.84. The summed E-state index contributed by atoms with van der Waals surface area (Å²) >= 11 is 3.13. The van der Waals surface area contributed by atoms with Gasteiger partial charge in [-0.15, -0.1) is 0 Å². The van der Waals surface area contributed by atoms with Crippen molar-refractivity contribution in [3.8, 4) is 11.4 Å². The van der Waals surface area contributed by atoms with Crippen LogP contribution in [0.5, 0.6) is 0 Å². The first-order chi connectivity index (χ1) is 8.65. The van der Waals surface area contributed by atoms with Gasteiger partial charge < -0.3 is 10.3 Å². The molecule has 6 heteroatoms. The molecule has 0 amide bonds. The van der Waals surface area contributed by atoms with Crippen molar-refractivity contribution in [3.63, 3.8) is 0 Å². The van der Waals surface area contributed by atoms with Crippen molar-refractivity contribution in [2.75, 3.05) is 6.54 Å². The standard InChI is InChI=1S/C12H13BrFN3O/c1-2-7(6-15)12-16-11(17-18-12)8-3-4-10(14)9(13)5-8/h3-5,7H,2,6,15H2,1H3. The van der Waals surface area contributed by atoms with Gasteiger partial charge in [0.25, 0.3) is 0 Å². The summed E-state index contributed by atoms with van der Waals surface area (Å²) in [6.07, 6.45) is 0.839. The summed E-state index contributed by atoms with van der Waals surface area (Å²) in [4.78, 5) is 4.29. The molecule has 0 saturated heterocycles. The van der Waals surface area contributed by atoms with Crippen molar-refractivity contribution in [1.29, 1.82) is 0 Å². The zero-order valence-electron chi connectivity index (χ0n) is 9.86. The molecule has 1 aromatic carbocycles. The monoisotopic (exact) mass is 313 g/mol. The second kappa shape index (κ2) is 5.58. The van der Waals surface area contributed by atoms with Crippen LogP contribution in [0.25, 0.3) is 11.4 Å². The van der Waals surface area contributed by atoms with Crippen LogP contribution in [0.2, 0.25) is 0 Å². The van der Waals surface area contributed by atoms with Gasteiger partial charge in [-0.2, -0.15) is 4.98 Å². The molecule has 1 atom stereocenters. The second-order valence-corrected chi connectivity index (χ2v) is 4.78. The third kappa shape index (κ3) is 2.59. The molecule has 2 rings (SSSR count). The van der Waals surface area contributed by atoms with Gasteiger partial charge in [-0.1, -0.05) is 12.1 Å². The molecule has 0 radical (unpaired) electrons. The van der Waals surface area contributed by atoms with E-state index in [1.165, 1.54) is 6.07 Å². The highest BCUT2D eigenvalue weighted by Gasteiger charge is 2.16. The summed E-state index contributed by atoms with van der Waals surface area (Å²) < 4.78 is 18.7. The number of benzene rings is 1. The lowest BCUT2D eigenvalue weighted by molar-refractivity contribution is 0.351. The van der Waals surface area contributed by atoms with E-state index in [4.69, 9.17) is 10.3 Å². The van der Waals surface area contributed by atoms with Crippen LogP contribution in [-0.2, 0) is 0 Å². The average molecular weight is 314 g/mol. The lowest BCUT2D eigenvalue weighted by Crippen LogP contribution is -2.11. The first-order valence-electron chi connectivity index (χ1n) is 5.64. The van der Waals surface area contributed by atoms with Gasteiger partial charge in [0.2, 0.25) is 11.7 Å². The van der Waals surface area contributed by atoms with Crippen LogP contribution < -0.4 is 5.73 Å². The Labute approximate surface area is 113 Å². The molecule has 0 bridgehead atoms. The van der Waals surface area contributed by atoms with Crippen molar-refractivity contribution in [2.45, 2.75) is 19.3 Å². The molecule has 1 heterocycles. The first-order valence-corrected chi connectivity index (χ1v) is 6.44. The molecule has 0 aliphatic heterocycles. The summed E-state index contributed by atoms with van der Waals surface area (Å²) in [5, 5.41) is 3.89. The largest absolute Gasteiger partial charge is 0.339 e. The van der Waals surface area contributed by atoms with Crippen molar-refractivity contribution in [1.82, 2.24) is 10.1 Å². The fourth-order valence-corrected chi connectivity index (χ4v) is 1.97. The van der Waals surface area contributed by atoms with Crippen LogP contribution in [0.15, 0.2) is 27.2 Å². The molecule has 0 aliphatic rings. The molecule has 0 saturated carbocycles. The Morgan fingerprint density at radius 3 is 2.89 bits per heavy atom. The summed E-state index contributed by atoms with van der Waals surface area (Å²) in [6.45, 7) is 2.47. The molecule has 2 aromatic rings. The Morgan fingerprint density at radius 2 is 2.28 bits per heavy atom. The number of nitrogens with two attached hydrogens (primary N) is 1. The molecule has 96 valence electrons. The first kappa shape index (κ1) is 13.2. The third-order valence-corrected chi connectivity index (χ3v) is 3.35. The number of nitrogens with zero attached hydrogens (tertiary/aromatic N) is 2. The van der Waals surface area contributed by atoms with Gasteiger partial charge in [-0.25, -0.2) is 4.39 Å². The van der Waals surface area contributed by atoms with Gasteiger partial charge in [0.1, 0.15) is 5.82 Å². The fraction of sp³-hybridized carbons (Fsp3) is 0.333. The minimum Gasteiger partial charge on any atom is -0.339 e. The zero-order valence-corrected chi connectivity index (χ0v) is 11.4. The lowest BCUT2D eigenvalue weighted by Gasteiger charge is -2.04. The smallest absolute Gasteiger partial charge is 0.231 e. The molecule has 0 fully saturated rings. The molecule has 0 aliphatic carbocycles. The molecule has 0 spiro atoms. The predicted octanol–water partition coefficient (Wildman–Crippen LogP) is 3.09. The Morgan fingerprint density at radius 1 is 1.50 bits per heavy atom. The van der Waals surface area contributed by atoms with Crippen molar-refractivity contribution in [3.05, 3.63) is 34.4 Å². The van der Waals surface area contributed by atoms with E-state index in [0.29, 0.717) is 28.3 Å². The van der Waals surface area contributed by atoms with E-state index < -0.39 is 0 Å². The maximum absolute atomic E-state index is 13.1. The van der Waals surface area contributed by atoms with E-state index in [0.717, 1.165) is 6.42 Å². The van der Waals surface area contributed by atoms with Crippen LogP contribution in [0.4, 0.5) is 4.39 Å². The van der Waals surface area contributed by atoms with Crippen molar-refractivity contribution in [2.24, 2.45) is 5.73 Å². The maximum atomic E-state index is 13.1. The summed E-state index contributed by atoms with van der Waals surface area (Å²) in [6, 6.07) is 4.58.